The maximum Gasteiger partial charge on any atom is 0.243 e. The number of nitrogens with zero attached hydrogens (tertiary/aromatic N) is 6. The van der Waals surface area contributed by atoms with Gasteiger partial charge in [0.1, 0.15) is 17.8 Å². The first kappa shape index (κ1) is 24.6. The number of nitrogens with one attached hydrogen (secondary N) is 1. The number of anilines is 1. The van der Waals surface area contributed by atoms with Gasteiger partial charge < -0.3 is 20.4 Å². The molecule has 1 aromatic carbocycles. The number of hydrogen-bond donors (Lipinski definition) is 2. The molecule has 0 spiro atoms. The van der Waals surface area contributed by atoms with Crippen LogP contribution < -0.4 is 11.1 Å². The van der Waals surface area contributed by atoms with Gasteiger partial charge in [0.2, 0.25) is 5.91 Å². The summed E-state index contributed by atoms with van der Waals surface area (Å²) < 4.78 is 9.03. The quantitative estimate of drug-likeness (QED) is 0.224. The molecule has 1 amide bonds. The lowest BCUT2D eigenvalue weighted by Gasteiger charge is -2.20. The van der Waals surface area contributed by atoms with Crippen LogP contribution in [0.5, 0.6) is 0 Å². The number of ether oxygens (including phenoxy) is 1. The zero-order valence-corrected chi connectivity index (χ0v) is 20.5. The second kappa shape index (κ2) is 10.8. The van der Waals surface area contributed by atoms with Crippen molar-refractivity contribution in [1.82, 2.24) is 34.6 Å². The molecule has 184 valence electrons. The molecule has 1 atom stereocenters. The molecule has 0 bridgehead atoms. The van der Waals surface area contributed by atoms with Crippen LogP contribution in [0.2, 0.25) is 0 Å². The third-order valence-corrected chi connectivity index (χ3v) is 5.85. The number of nitrogen functional groups attached to an aromatic ring is 1. The summed E-state index contributed by atoms with van der Waals surface area (Å²) in [5.41, 5.74) is 11.0. The van der Waals surface area contributed by atoms with Crippen LogP contribution in [-0.2, 0) is 16.6 Å². The van der Waals surface area contributed by atoms with E-state index in [1.54, 1.807) is 18.1 Å². The lowest BCUT2D eigenvalue weighted by molar-refractivity contribution is -0.116. The molecule has 0 aliphatic rings. The smallest absolute Gasteiger partial charge is 0.243 e. The standard InChI is InChI=1S/C26H28N8O2/c1-5-17(14-36-4)11-19(13-28-23(35)6-2)34-26-24(25(27)29-15-30-26)21(32-34)10-8-18-7-9-20-22(12-18)33(3)16-31-20/h5-7,9,12,15-16,19H,2,11,13-14H2,1,3-4H3,(H,28,35)(H2,27,29,30)/b17-5-/t19-/m0/s1. The van der Waals surface area contributed by atoms with E-state index in [0.29, 0.717) is 36.3 Å². The fourth-order valence-electron chi connectivity index (χ4n) is 3.96. The van der Waals surface area contributed by atoms with E-state index >= 15 is 0 Å². The summed E-state index contributed by atoms with van der Waals surface area (Å²) >= 11 is 0. The highest BCUT2D eigenvalue weighted by Crippen LogP contribution is 2.26. The average molecular weight is 485 g/mol. The van der Waals surface area contributed by atoms with Crippen LogP contribution in [0.15, 0.2) is 55.2 Å². The molecular formula is C26H28N8O2. The largest absolute Gasteiger partial charge is 0.383 e. The minimum absolute atomic E-state index is 0.270. The van der Waals surface area contributed by atoms with Crippen molar-refractivity contribution >= 4 is 33.8 Å². The Bertz CT molecular complexity index is 1520. The third kappa shape index (κ3) is 5.11. The van der Waals surface area contributed by atoms with Crippen molar-refractivity contribution in [3.05, 3.63) is 66.4 Å². The van der Waals surface area contributed by atoms with Crippen molar-refractivity contribution in [2.24, 2.45) is 7.05 Å². The topological polar surface area (TPSA) is 126 Å². The zero-order chi connectivity index (χ0) is 25.7. The van der Waals surface area contributed by atoms with Crippen LogP contribution in [-0.4, -0.2) is 55.5 Å². The average Bonchev–Trinajstić information content (AvgIpc) is 3.45. The van der Waals surface area contributed by atoms with Crippen molar-refractivity contribution in [2.75, 3.05) is 26.0 Å². The number of aromatic nitrogens is 6. The minimum atomic E-state index is -0.273. The number of allylic oxidation sites excluding steroid dienone is 1. The van der Waals surface area contributed by atoms with Crippen molar-refractivity contribution < 1.29 is 9.53 Å². The number of benzene rings is 1. The number of carbonyl (C=O) groups is 1. The van der Waals surface area contributed by atoms with Crippen LogP contribution in [0.3, 0.4) is 0 Å². The van der Waals surface area contributed by atoms with Crippen molar-refractivity contribution in [3.8, 4) is 11.8 Å². The van der Waals surface area contributed by atoms with Gasteiger partial charge in [0.25, 0.3) is 0 Å². The van der Waals surface area contributed by atoms with Crippen LogP contribution in [0.1, 0.15) is 30.6 Å². The summed E-state index contributed by atoms with van der Waals surface area (Å²) in [5, 5.41) is 8.22. The highest BCUT2D eigenvalue weighted by molar-refractivity contribution is 5.91. The molecule has 3 aromatic heterocycles. The second-order valence-electron chi connectivity index (χ2n) is 8.25. The Balaban J connectivity index is 1.78. The molecule has 0 unspecified atom stereocenters. The van der Waals surface area contributed by atoms with Gasteiger partial charge in [0.05, 0.1) is 35.4 Å². The molecule has 4 aromatic rings. The molecule has 0 aliphatic carbocycles. The lowest BCUT2D eigenvalue weighted by atomic mass is 10.1. The lowest BCUT2D eigenvalue weighted by Crippen LogP contribution is -2.30. The Kier molecular flexibility index (Phi) is 7.42. The molecule has 3 N–H and O–H groups in total. The van der Waals surface area contributed by atoms with E-state index in [1.807, 2.05) is 42.8 Å². The molecule has 10 heteroatoms. The first-order chi connectivity index (χ1) is 17.4. The van der Waals surface area contributed by atoms with E-state index in [-0.39, 0.29) is 17.8 Å². The second-order valence-corrected chi connectivity index (χ2v) is 8.25. The van der Waals surface area contributed by atoms with Gasteiger partial charge in [-0.25, -0.2) is 19.6 Å². The normalized spacial score (nSPS) is 12.4. The summed E-state index contributed by atoms with van der Waals surface area (Å²) in [4.78, 5) is 24.9. The van der Waals surface area contributed by atoms with E-state index in [2.05, 4.69) is 38.7 Å². The number of aryl methyl sites for hydroxylation is 1. The highest BCUT2D eigenvalue weighted by Gasteiger charge is 2.22. The fraction of sp³-hybridized carbons (Fsp3) is 0.269. The molecule has 0 radical (unpaired) electrons. The van der Waals surface area contributed by atoms with Gasteiger partial charge in [-0.2, -0.15) is 5.10 Å². The van der Waals surface area contributed by atoms with E-state index in [4.69, 9.17) is 15.6 Å². The number of nitrogens with two attached hydrogens (primary N) is 1. The van der Waals surface area contributed by atoms with Gasteiger partial charge in [-0.15, -0.1) is 0 Å². The van der Waals surface area contributed by atoms with Gasteiger partial charge in [-0.1, -0.05) is 18.6 Å². The highest BCUT2D eigenvalue weighted by atomic mass is 16.5. The molecule has 36 heavy (non-hydrogen) atoms. The number of fused-ring (bicyclic) bond motifs is 2. The van der Waals surface area contributed by atoms with Crippen LogP contribution >= 0.6 is 0 Å². The minimum Gasteiger partial charge on any atom is -0.383 e. The van der Waals surface area contributed by atoms with Crippen molar-refractivity contribution in [2.45, 2.75) is 19.4 Å². The number of carbonyl (C=O) groups excluding carboxylic acids is 1. The monoisotopic (exact) mass is 484 g/mol. The molecule has 3 heterocycles. The van der Waals surface area contributed by atoms with E-state index in [1.165, 1.54) is 12.4 Å². The van der Waals surface area contributed by atoms with Crippen LogP contribution in [0.25, 0.3) is 22.1 Å². The third-order valence-electron chi connectivity index (χ3n) is 5.85. The number of imidazole rings is 1. The van der Waals surface area contributed by atoms with Crippen LogP contribution in [0.4, 0.5) is 5.82 Å². The van der Waals surface area contributed by atoms with Gasteiger partial charge in [0, 0.05) is 26.3 Å². The predicted molar refractivity (Wildman–Crippen MR) is 139 cm³/mol. The van der Waals surface area contributed by atoms with Crippen molar-refractivity contribution in [3.63, 3.8) is 0 Å². The van der Waals surface area contributed by atoms with Crippen LogP contribution in [0, 0.1) is 11.8 Å². The molecule has 0 fully saturated rings. The zero-order valence-electron chi connectivity index (χ0n) is 20.5. The molecule has 0 saturated carbocycles. The van der Waals surface area contributed by atoms with E-state index in [9.17, 15) is 4.79 Å². The SMILES string of the molecule is C=CC(=O)NC[C@H](C/C(=C/C)COC)n1nc(C#Cc2ccc3ncn(C)c3c2)c2c(N)ncnc21. The maximum absolute atomic E-state index is 11.9. The fourth-order valence-corrected chi connectivity index (χ4v) is 3.96. The maximum atomic E-state index is 11.9. The molecule has 10 nitrogen and oxygen atoms in total. The number of rotatable bonds is 8. The number of amides is 1. The Morgan fingerprint density at radius 1 is 1.31 bits per heavy atom. The Hall–Kier alpha value is -4.49. The summed E-state index contributed by atoms with van der Waals surface area (Å²) in [6.45, 7) is 6.24. The van der Waals surface area contributed by atoms with Gasteiger partial charge >= 0.3 is 0 Å². The number of hydrogen-bond acceptors (Lipinski definition) is 7. The Labute approximate surface area is 208 Å². The van der Waals surface area contributed by atoms with Crippen molar-refractivity contribution in [1.29, 1.82) is 0 Å². The molecular weight excluding hydrogens is 456 g/mol. The molecule has 0 saturated heterocycles. The van der Waals surface area contributed by atoms with Gasteiger partial charge in [-0.05, 0) is 49.1 Å². The Morgan fingerprint density at radius 3 is 2.89 bits per heavy atom. The molecule has 4 rings (SSSR count). The van der Waals surface area contributed by atoms with Gasteiger partial charge in [0.15, 0.2) is 5.65 Å². The summed E-state index contributed by atoms with van der Waals surface area (Å²) in [5.74, 6) is 6.34. The Morgan fingerprint density at radius 2 is 2.14 bits per heavy atom. The summed E-state index contributed by atoms with van der Waals surface area (Å²) in [6, 6.07) is 5.55. The summed E-state index contributed by atoms with van der Waals surface area (Å²) in [7, 11) is 3.58. The van der Waals surface area contributed by atoms with E-state index < -0.39 is 0 Å². The predicted octanol–water partition coefficient (Wildman–Crippen LogP) is 2.52. The first-order valence-corrected chi connectivity index (χ1v) is 11.4. The summed E-state index contributed by atoms with van der Waals surface area (Å²) in [6.07, 6.45) is 6.97. The van der Waals surface area contributed by atoms with Gasteiger partial charge in [-0.3, -0.25) is 4.79 Å². The van der Waals surface area contributed by atoms with E-state index in [0.717, 1.165) is 22.2 Å². The molecule has 0 aliphatic heterocycles. The number of methoxy groups -OCH3 is 1. The first-order valence-electron chi connectivity index (χ1n) is 11.4.